The molecule has 4 heteroatoms. The van der Waals surface area contributed by atoms with E-state index >= 15 is 0 Å². The summed E-state index contributed by atoms with van der Waals surface area (Å²) in [6.07, 6.45) is 0. The monoisotopic (exact) mass is 277 g/mol. The van der Waals surface area contributed by atoms with Gasteiger partial charge in [0.25, 0.3) is 0 Å². The van der Waals surface area contributed by atoms with Gasteiger partial charge >= 0.3 is 0 Å². The lowest BCUT2D eigenvalue weighted by Gasteiger charge is -2.08. The fourth-order valence-corrected chi connectivity index (χ4v) is 3.14. The molecule has 0 radical (unpaired) electrons. The van der Waals surface area contributed by atoms with Gasteiger partial charge < -0.3 is 5.73 Å². The molecule has 1 atom stereocenters. The fourth-order valence-electron chi connectivity index (χ4n) is 1.84. The molecule has 0 amide bonds. The highest BCUT2D eigenvalue weighted by Gasteiger charge is 2.09. The molecule has 2 aromatic rings. The Morgan fingerprint density at radius 3 is 2.47 bits per heavy atom. The number of anilines is 1. The smallest absolute Gasteiger partial charge is 0.123 e. The summed E-state index contributed by atoms with van der Waals surface area (Å²) in [5.74, 6) is 0.116. The highest BCUT2D eigenvalue weighted by Crippen LogP contribution is 2.19. The van der Waals surface area contributed by atoms with Crippen LogP contribution in [0.5, 0.6) is 0 Å². The molecule has 0 fully saturated rings. The quantitative estimate of drug-likeness (QED) is 0.874. The zero-order valence-corrected chi connectivity index (χ0v) is 11.8. The third-order valence-corrected chi connectivity index (χ3v) is 4.45. The molecule has 0 saturated carbocycles. The lowest BCUT2D eigenvalue weighted by molar-refractivity contribution is 0.626. The van der Waals surface area contributed by atoms with Crippen LogP contribution in [0.4, 0.5) is 10.1 Å². The Balaban J connectivity index is 2.23. The van der Waals surface area contributed by atoms with Gasteiger partial charge in [0, 0.05) is 10.6 Å². The standard InChI is InChI=1S/C15H16FNOS/c1-10-7-13(16)4-3-12(10)9-19(18)14-5-6-15(17)11(2)8-14/h3-8H,9,17H2,1-2H3. The minimum atomic E-state index is -1.15. The van der Waals surface area contributed by atoms with Crippen molar-refractivity contribution in [1.29, 1.82) is 0 Å². The molecule has 2 N–H and O–H groups in total. The first kappa shape index (κ1) is 13.7. The first-order valence-corrected chi connectivity index (χ1v) is 7.29. The van der Waals surface area contributed by atoms with Crippen molar-refractivity contribution in [2.24, 2.45) is 0 Å². The Morgan fingerprint density at radius 1 is 1.11 bits per heavy atom. The summed E-state index contributed by atoms with van der Waals surface area (Å²) in [6.45, 7) is 3.71. The van der Waals surface area contributed by atoms with E-state index in [2.05, 4.69) is 0 Å². The Hall–Kier alpha value is -1.68. The number of halogens is 1. The molecule has 0 aliphatic carbocycles. The van der Waals surface area contributed by atoms with E-state index < -0.39 is 10.8 Å². The van der Waals surface area contributed by atoms with Crippen molar-refractivity contribution in [2.75, 3.05) is 5.73 Å². The number of nitrogen functional groups attached to an aromatic ring is 1. The third kappa shape index (κ3) is 3.20. The molecule has 0 bridgehead atoms. The summed E-state index contributed by atoms with van der Waals surface area (Å²) in [7, 11) is -1.15. The molecule has 2 aromatic carbocycles. The number of aryl methyl sites for hydroxylation is 2. The maximum atomic E-state index is 13.0. The van der Waals surface area contributed by atoms with Crippen LogP contribution < -0.4 is 5.73 Å². The topological polar surface area (TPSA) is 43.1 Å². The van der Waals surface area contributed by atoms with Gasteiger partial charge in [-0.25, -0.2) is 4.39 Å². The second kappa shape index (κ2) is 5.53. The summed E-state index contributed by atoms with van der Waals surface area (Å²) < 4.78 is 25.3. The van der Waals surface area contributed by atoms with Gasteiger partial charge in [0.15, 0.2) is 0 Å². The molecule has 0 aromatic heterocycles. The van der Waals surface area contributed by atoms with Crippen molar-refractivity contribution in [3.05, 3.63) is 58.9 Å². The predicted molar refractivity (Wildman–Crippen MR) is 76.8 cm³/mol. The van der Waals surface area contributed by atoms with Crippen LogP contribution in [-0.4, -0.2) is 4.21 Å². The van der Waals surface area contributed by atoms with Gasteiger partial charge in [-0.05, 0) is 60.9 Å². The first-order valence-electron chi connectivity index (χ1n) is 5.97. The molecule has 0 heterocycles. The first-order chi connectivity index (χ1) is 8.97. The van der Waals surface area contributed by atoms with Gasteiger partial charge in [-0.1, -0.05) is 6.07 Å². The van der Waals surface area contributed by atoms with E-state index in [1.807, 2.05) is 19.9 Å². The Kier molecular flexibility index (Phi) is 4.00. The summed E-state index contributed by atoms with van der Waals surface area (Å²) in [4.78, 5) is 0.746. The zero-order valence-electron chi connectivity index (χ0n) is 10.9. The van der Waals surface area contributed by atoms with E-state index in [-0.39, 0.29) is 5.82 Å². The van der Waals surface area contributed by atoms with Gasteiger partial charge in [-0.3, -0.25) is 4.21 Å². The van der Waals surface area contributed by atoms with Crippen LogP contribution in [-0.2, 0) is 16.6 Å². The van der Waals surface area contributed by atoms with Gasteiger partial charge in [0.05, 0.1) is 16.6 Å². The normalized spacial score (nSPS) is 12.4. The van der Waals surface area contributed by atoms with Gasteiger partial charge in [0.2, 0.25) is 0 Å². The van der Waals surface area contributed by atoms with Gasteiger partial charge in [-0.2, -0.15) is 0 Å². The number of hydrogen-bond donors (Lipinski definition) is 1. The highest BCUT2D eigenvalue weighted by molar-refractivity contribution is 7.84. The Bertz CT molecular complexity index is 640. The zero-order chi connectivity index (χ0) is 14.0. The molecular formula is C15H16FNOS. The molecule has 19 heavy (non-hydrogen) atoms. The van der Waals surface area contributed by atoms with Gasteiger partial charge in [0.1, 0.15) is 5.82 Å². The van der Waals surface area contributed by atoms with E-state index in [1.54, 1.807) is 18.2 Å². The van der Waals surface area contributed by atoms with Crippen LogP contribution in [0.15, 0.2) is 41.3 Å². The molecule has 0 aliphatic rings. The summed E-state index contributed by atoms with van der Waals surface area (Å²) in [5.41, 5.74) is 9.07. The second-order valence-corrected chi connectivity index (χ2v) is 6.03. The maximum Gasteiger partial charge on any atom is 0.123 e. The van der Waals surface area contributed by atoms with Crippen LogP contribution in [0.3, 0.4) is 0 Å². The lowest BCUT2D eigenvalue weighted by atomic mass is 10.1. The maximum absolute atomic E-state index is 13.0. The Morgan fingerprint density at radius 2 is 1.84 bits per heavy atom. The van der Waals surface area contributed by atoms with E-state index in [1.165, 1.54) is 12.1 Å². The molecule has 0 saturated heterocycles. The Labute approximate surface area is 114 Å². The largest absolute Gasteiger partial charge is 0.399 e. The average Bonchev–Trinajstić information content (AvgIpc) is 2.36. The van der Waals surface area contributed by atoms with Crippen molar-refractivity contribution in [3.63, 3.8) is 0 Å². The van der Waals surface area contributed by atoms with Crippen molar-refractivity contribution in [1.82, 2.24) is 0 Å². The van der Waals surface area contributed by atoms with E-state index in [4.69, 9.17) is 5.73 Å². The minimum absolute atomic E-state index is 0.268. The molecule has 100 valence electrons. The van der Waals surface area contributed by atoms with Crippen LogP contribution in [0.25, 0.3) is 0 Å². The molecule has 1 unspecified atom stereocenters. The molecule has 2 rings (SSSR count). The molecule has 2 nitrogen and oxygen atoms in total. The number of rotatable bonds is 3. The summed E-state index contributed by atoms with van der Waals surface area (Å²) >= 11 is 0. The predicted octanol–water partition coefficient (Wildman–Crippen LogP) is 3.33. The average molecular weight is 277 g/mol. The number of benzene rings is 2. The van der Waals surface area contributed by atoms with Crippen LogP contribution in [0.2, 0.25) is 0 Å². The van der Waals surface area contributed by atoms with E-state index in [0.717, 1.165) is 21.6 Å². The molecule has 0 spiro atoms. The van der Waals surface area contributed by atoms with Crippen LogP contribution >= 0.6 is 0 Å². The minimum Gasteiger partial charge on any atom is -0.399 e. The van der Waals surface area contributed by atoms with Crippen molar-refractivity contribution in [2.45, 2.75) is 24.5 Å². The lowest BCUT2D eigenvalue weighted by Crippen LogP contribution is -2.00. The summed E-state index contributed by atoms with van der Waals surface area (Å²) in [6, 6.07) is 9.92. The van der Waals surface area contributed by atoms with Crippen molar-refractivity contribution in [3.8, 4) is 0 Å². The second-order valence-electron chi connectivity index (χ2n) is 4.58. The van der Waals surface area contributed by atoms with Crippen molar-refractivity contribution < 1.29 is 8.60 Å². The highest BCUT2D eigenvalue weighted by atomic mass is 32.2. The van der Waals surface area contributed by atoms with E-state index in [0.29, 0.717) is 11.4 Å². The van der Waals surface area contributed by atoms with Crippen LogP contribution in [0.1, 0.15) is 16.7 Å². The number of hydrogen-bond acceptors (Lipinski definition) is 2. The van der Waals surface area contributed by atoms with E-state index in [9.17, 15) is 8.60 Å². The molecular weight excluding hydrogens is 261 g/mol. The third-order valence-electron chi connectivity index (χ3n) is 3.10. The fraction of sp³-hybridized carbons (Fsp3) is 0.200. The van der Waals surface area contributed by atoms with Crippen LogP contribution in [0, 0.1) is 19.7 Å². The SMILES string of the molecule is Cc1cc(S(=O)Cc2ccc(F)cc2C)ccc1N. The van der Waals surface area contributed by atoms with Crippen molar-refractivity contribution >= 4 is 16.5 Å². The van der Waals surface area contributed by atoms with Gasteiger partial charge in [-0.15, -0.1) is 0 Å². The summed E-state index contributed by atoms with van der Waals surface area (Å²) in [5, 5.41) is 0. The number of nitrogens with two attached hydrogens (primary N) is 1. The molecule has 0 aliphatic heterocycles.